The first-order valence-electron chi connectivity index (χ1n) is 6.90. The Bertz CT molecular complexity index is 543. The van der Waals surface area contributed by atoms with Crippen LogP contribution in [0.3, 0.4) is 0 Å². The van der Waals surface area contributed by atoms with Gasteiger partial charge in [-0.15, -0.1) is 0 Å². The molecule has 0 fully saturated rings. The quantitative estimate of drug-likeness (QED) is 0.892. The lowest BCUT2D eigenvalue weighted by Gasteiger charge is -2.17. The third-order valence-corrected chi connectivity index (χ3v) is 3.76. The number of nitrogens with one attached hydrogen (secondary N) is 1. The molecule has 2 rings (SSSR count). The fraction of sp³-hybridized carbons (Fsp3) is 0.438. The summed E-state index contributed by atoms with van der Waals surface area (Å²) in [6.45, 7) is 7.42. The maximum absolute atomic E-state index is 4.49. The van der Waals surface area contributed by atoms with Crippen LogP contribution in [0.4, 0.5) is 0 Å². The van der Waals surface area contributed by atoms with Crippen LogP contribution in [-0.4, -0.2) is 16.6 Å². The van der Waals surface area contributed by atoms with E-state index in [1.807, 2.05) is 19.4 Å². The first kappa shape index (κ1) is 13.8. The van der Waals surface area contributed by atoms with Crippen molar-refractivity contribution in [3.8, 4) is 0 Å². The average Bonchev–Trinajstić information content (AvgIpc) is 2.88. The fourth-order valence-electron chi connectivity index (χ4n) is 2.39. The summed E-state index contributed by atoms with van der Waals surface area (Å²) < 4.78 is 2.20. The van der Waals surface area contributed by atoms with Crippen LogP contribution in [0.5, 0.6) is 0 Å². The average molecular weight is 257 g/mol. The molecule has 0 spiro atoms. The smallest absolute Gasteiger partial charge is 0.126 e. The van der Waals surface area contributed by atoms with E-state index in [2.05, 4.69) is 53.8 Å². The molecule has 1 atom stereocenters. The van der Waals surface area contributed by atoms with Crippen LogP contribution in [0.2, 0.25) is 0 Å². The summed E-state index contributed by atoms with van der Waals surface area (Å²) in [6, 6.07) is 6.95. The lowest BCUT2D eigenvalue weighted by molar-refractivity contribution is 0.523. The summed E-state index contributed by atoms with van der Waals surface area (Å²) in [5.74, 6) is 1.11. The molecule has 0 amide bonds. The number of hydrogen-bond donors (Lipinski definition) is 1. The number of nitrogens with zero attached hydrogens (tertiary/aromatic N) is 2. The van der Waals surface area contributed by atoms with E-state index < -0.39 is 0 Å². The number of aromatic nitrogens is 2. The zero-order valence-electron chi connectivity index (χ0n) is 12.3. The van der Waals surface area contributed by atoms with Crippen molar-refractivity contribution in [1.29, 1.82) is 0 Å². The zero-order chi connectivity index (χ0) is 13.8. The van der Waals surface area contributed by atoms with Gasteiger partial charge in [-0.05, 0) is 50.9 Å². The predicted molar refractivity (Wildman–Crippen MR) is 79.3 cm³/mol. The Morgan fingerprint density at radius 2 is 2.05 bits per heavy atom. The van der Waals surface area contributed by atoms with Gasteiger partial charge in [-0.2, -0.15) is 0 Å². The Hall–Kier alpha value is -1.61. The van der Waals surface area contributed by atoms with E-state index in [1.54, 1.807) is 0 Å². The summed E-state index contributed by atoms with van der Waals surface area (Å²) in [5.41, 5.74) is 4.05. The second kappa shape index (κ2) is 6.02. The largest absolute Gasteiger partial charge is 0.334 e. The molecule has 0 radical (unpaired) electrons. The Kier molecular flexibility index (Phi) is 4.38. The second-order valence-electron chi connectivity index (χ2n) is 5.04. The van der Waals surface area contributed by atoms with E-state index in [0.717, 1.165) is 18.8 Å². The van der Waals surface area contributed by atoms with Crippen molar-refractivity contribution in [2.24, 2.45) is 0 Å². The van der Waals surface area contributed by atoms with E-state index in [0.29, 0.717) is 0 Å². The van der Waals surface area contributed by atoms with E-state index in [9.17, 15) is 0 Å². The Morgan fingerprint density at radius 1 is 1.26 bits per heavy atom. The summed E-state index contributed by atoms with van der Waals surface area (Å²) in [5, 5.41) is 3.38. The summed E-state index contributed by atoms with van der Waals surface area (Å²) in [7, 11) is 2.00. The van der Waals surface area contributed by atoms with Gasteiger partial charge in [-0.25, -0.2) is 4.98 Å². The van der Waals surface area contributed by atoms with Gasteiger partial charge < -0.3 is 9.88 Å². The molecule has 0 bridgehead atoms. The second-order valence-corrected chi connectivity index (χ2v) is 5.04. The van der Waals surface area contributed by atoms with Crippen molar-refractivity contribution < 1.29 is 0 Å². The van der Waals surface area contributed by atoms with Crippen LogP contribution < -0.4 is 5.32 Å². The van der Waals surface area contributed by atoms with Gasteiger partial charge in [0.15, 0.2) is 0 Å². The first-order valence-corrected chi connectivity index (χ1v) is 6.90. The van der Waals surface area contributed by atoms with E-state index in [-0.39, 0.29) is 6.04 Å². The van der Waals surface area contributed by atoms with Crippen molar-refractivity contribution in [2.75, 3.05) is 7.05 Å². The molecule has 1 aromatic carbocycles. The predicted octanol–water partition coefficient (Wildman–Crippen LogP) is 3.02. The van der Waals surface area contributed by atoms with E-state index >= 15 is 0 Å². The van der Waals surface area contributed by atoms with Crippen LogP contribution in [-0.2, 0) is 13.0 Å². The molecule has 1 heterocycles. The minimum Gasteiger partial charge on any atom is -0.334 e. The summed E-state index contributed by atoms with van der Waals surface area (Å²) in [6.07, 6.45) is 4.89. The molecule has 0 aliphatic carbocycles. The minimum atomic E-state index is 0.261. The third kappa shape index (κ3) is 3.04. The van der Waals surface area contributed by atoms with Gasteiger partial charge in [0.05, 0.1) is 6.04 Å². The lowest BCUT2D eigenvalue weighted by atomic mass is 10.0. The van der Waals surface area contributed by atoms with Crippen LogP contribution >= 0.6 is 0 Å². The molecule has 3 heteroatoms. The highest BCUT2D eigenvalue weighted by molar-refractivity contribution is 5.30. The minimum absolute atomic E-state index is 0.261. The van der Waals surface area contributed by atoms with Crippen LogP contribution in [0, 0.1) is 13.8 Å². The number of aryl methyl sites for hydroxylation is 3. The number of rotatable bonds is 5. The van der Waals surface area contributed by atoms with Crippen molar-refractivity contribution in [3.63, 3.8) is 0 Å². The molecule has 1 N–H and O–H groups in total. The van der Waals surface area contributed by atoms with Crippen molar-refractivity contribution in [3.05, 3.63) is 53.1 Å². The van der Waals surface area contributed by atoms with Gasteiger partial charge in [0.1, 0.15) is 5.82 Å². The van der Waals surface area contributed by atoms with Gasteiger partial charge in [-0.3, -0.25) is 0 Å². The molecule has 0 aliphatic rings. The molecule has 0 saturated carbocycles. The Labute approximate surface area is 115 Å². The summed E-state index contributed by atoms with van der Waals surface area (Å²) in [4.78, 5) is 4.49. The molecular weight excluding hydrogens is 234 g/mol. The zero-order valence-corrected chi connectivity index (χ0v) is 12.3. The number of hydrogen-bond acceptors (Lipinski definition) is 2. The number of imidazole rings is 1. The van der Waals surface area contributed by atoms with Crippen molar-refractivity contribution in [2.45, 2.75) is 39.8 Å². The van der Waals surface area contributed by atoms with Gasteiger partial charge >= 0.3 is 0 Å². The molecule has 19 heavy (non-hydrogen) atoms. The van der Waals surface area contributed by atoms with Crippen molar-refractivity contribution >= 4 is 0 Å². The molecule has 0 aliphatic heterocycles. The van der Waals surface area contributed by atoms with Gasteiger partial charge in [0.25, 0.3) is 0 Å². The SMILES string of the molecule is CCn1ccnc1C(Cc1ccc(C)c(C)c1)NC. The maximum atomic E-state index is 4.49. The Morgan fingerprint density at radius 3 is 2.68 bits per heavy atom. The first-order chi connectivity index (χ1) is 9.15. The Balaban J connectivity index is 2.21. The number of likely N-dealkylation sites (N-methyl/N-ethyl adjacent to an activating group) is 1. The van der Waals surface area contributed by atoms with Gasteiger partial charge in [0.2, 0.25) is 0 Å². The molecule has 1 aromatic heterocycles. The highest BCUT2D eigenvalue weighted by Gasteiger charge is 2.15. The standard InChI is InChI=1S/C16H23N3/c1-5-19-9-8-18-16(19)15(17-4)11-14-7-6-12(2)13(3)10-14/h6-10,15,17H,5,11H2,1-4H3. The highest BCUT2D eigenvalue weighted by Crippen LogP contribution is 2.19. The molecule has 2 aromatic rings. The molecule has 0 saturated heterocycles. The van der Waals surface area contributed by atoms with Crippen LogP contribution in [0.15, 0.2) is 30.6 Å². The highest BCUT2D eigenvalue weighted by atomic mass is 15.1. The topological polar surface area (TPSA) is 29.9 Å². The van der Waals surface area contributed by atoms with E-state index in [4.69, 9.17) is 0 Å². The fourth-order valence-corrected chi connectivity index (χ4v) is 2.39. The molecule has 1 unspecified atom stereocenters. The van der Waals surface area contributed by atoms with Crippen molar-refractivity contribution in [1.82, 2.24) is 14.9 Å². The lowest BCUT2D eigenvalue weighted by Crippen LogP contribution is -2.22. The van der Waals surface area contributed by atoms with Crippen LogP contribution in [0.1, 0.15) is 35.5 Å². The van der Waals surface area contributed by atoms with Gasteiger partial charge in [0, 0.05) is 18.9 Å². The van der Waals surface area contributed by atoms with Gasteiger partial charge in [-0.1, -0.05) is 18.2 Å². The monoisotopic (exact) mass is 257 g/mol. The maximum Gasteiger partial charge on any atom is 0.126 e. The van der Waals surface area contributed by atoms with E-state index in [1.165, 1.54) is 16.7 Å². The van der Waals surface area contributed by atoms with Crippen LogP contribution in [0.25, 0.3) is 0 Å². The molecule has 102 valence electrons. The third-order valence-electron chi connectivity index (χ3n) is 3.76. The normalized spacial score (nSPS) is 12.6. The summed E-state index contributed by atoms with van der Waals surface area (Å²) >= 11 is 0. The molecular formula is C16H23N3. The number of benzene rings is 1. The molecule has 3 nitrogen and oxygen atoms in total.